The molecule has 2 heterocycles. The SMILES string of the molecule is COc1ccc2cc(-c3[nH]ncc3CN(C)C(C)c3ccon3)ccc2c1. The topological polar surface area (TPSA) is 67.2 Å². The van der Waals surface area contributed by atoms with Crippen molar-refractivity contribution in [1.82, 2.24) is 20.3 Å². The minimum Gasteiger partial charge on any atom is -0.497 e. The van der Waals surface area contributed by atoms with Crippen LogP contribution in [0, 0.1) is 0 Å². The largest absolute Gasteiger partial charge is 0.497 e. The number of benzene rings is 2. The lowest BCUT2D eigenvalue weighted by atomic mass is 10.0. The summed E-state index contributed by atoms with van der Waals surface area (Å²) < 4.78 is 10.3. The molecule has 0 saturated carbocycles. The lowest BCUT2D eigenvalue weighted by molar-refractivity contribution is 0.241. The third-order valence-corrected chi connectivity index (χ3v) is 5.02. The lowest BCUT2D eigenvalue weighted by Gasteiger charge is -2.22. The van der Waals surface area contributed by atoms with Gasteiger partial charge in [0.05, 0.1) is 25.0 Å². The monoisotopic (exact) mass is 362 g/mol. The van der Waals surface area contributed by atoms with Gasteiger partial charge in [-0.15, -0.1) is 0 Å². The van der Waals surface area contributed by atoms with E-state index in [0.29, 0.717) is 0 Å². The van der Waals surface area contributed by atoms with E-state index in [1.807, 2.05) is 24.4 Å². The molecule has 27 heavy (non-hydrogen) atoms. The van der Waals surface area contributed by atoms with Crippen molar-refractivity contribution < 1.29 is 9.26 Å². The molecular formula is C21H22N4O2. The van der Waals surface area contributed by atoms with Gasteiger partial charge in [-0.25, -0.2) is 0 Å². The van der Waals surface area contributed by atoms with Crippen molar-refractivity contribution in [2.45, 2.75) is 19.5 Å². The Bertz CT molecular complexity index is 1040. The van der Waals surface area contributed by atoms with Crippen molar-refractivity contribution in [2.24, 2.45) is 0 Å². The first kappa shape index (κ1) is 17.3. The average Bonchev–Trinajstić information content (AvgIpc) is 3.38. The van der Waals surface area contributed by atoms with Crippen molar-refractivity contribution >= 4 is 10.8 Å². The maximum absolute atomic E-state index is 5.31. The molecular weight excluding hydrogens is 340 g/mol. The molecule has 6 heteroatoms. The zero-order valence-corrected chi connectivity index (χ0v) is 15.6. The zero-order valence-electron chi connectivity index (χ0n) is 15.6. The quantitative estimate of drug-likeness (QED) is 0.550. The van der Waals surface area contributed by atoms with Gasteiger partial charge in [0.15, 0.2) is 0 Å². The molecule has 4 rings (SSSR count). The number of hydrogen-bond acceptors (Lipinski definition) is 5. The number of ether oxygens (including phenoxy) is 1. The number of rotatable bonds is 6. The van der Waals surface area contributed by atoms with Crippen molar-refractivity contribution in [3.63, 3.8) is 0 Å². The standard InChI is InChI=1S/C21H22N4O2/c1-14(20-8-9-27-24-20)25(2)13-18-12-22-23-21(18)17-5-4-16-11-19(26-3)7-6-15(16)10-17/h4-12,14H,13H2,1-3H3,(H,22,23). The van der Waals surface area contributed by atoms with Crippen LogP contribution in [-0.2, 0) is 6.54 Å². The van der Waals surface area contributed by atoms with Crippen LogP contribution in [0.1, 0.15) is 24.2 Å². The van der Waals surface area contributed by atoms with E-state index >= 15 is 0 Å². The van der Waals surface area contributed by atoms with E-state index in [4.69, 9.17) is 9.26 Å². The fourth-order valence-corrected chi connectivity index (χ4v) is 3.26. The molecule has 0 fully saturated rings. The van der Waals surface area contributed by atoms with Gasteiger partial charge in [-0.05, 0) is 42.9 Å². The van der Waals surface area contributed by atoms with E-state index in [1.165, 1.54) is 0 Å². The van der Waals surface area contributed by atoms with Crippen LogP contribution in [0.3, 0.4) is 0 Å². The molecule has 4 aromatic rings. The Kier molecular flexibility index (Phi) is 4.64. The van der Waals surface area contributed by atoms with Gasteiger partial charge in [0.2, 0.25) is 0 Å². The average molecular weight is 362 g/mol. The molecule has 0 aliphatic rings. The Balaban J connectivity index is 1.60. The fraction of sp³-hybridized carbons (Fsp3) is 0.238. The summed E-state index contributed by atoms with van der Waals surface area (Å²) in [6.07, 6.45) is 3.49. The van der Waals surface area contributed by atoms with Gasteiger partial charge in [0, 0.05) is 23.7 Å². The van der Waals surface area contributed by atoms with E-state index in [2.05, 4.69) is 58.5 Å². The van der Waals surface area contributed by atoms with Crippen LogP contribution in [0.2, 0.25) is 0 Å². The van der Waals surface area contributed by atoms with Crippen LogP contribution < -0.4 is 4.74 Å². The molecule has 138 valence electrons. The van der Waals surface area contributed by atoms with Crippen LogP contribution in [0.5, 0.6) is 5.75 Å². The first-order valence-electron chi connectivity index (χ1n) is 8.86. The fourth-order valence-electron chi connectivity index (χ4n) is 3.26. The van der Waals surface area contributed by atoms with Crippen LogP contribution >= 0.6 is 0 Å². The normalized spacial score (nSPS) is 12.6. The number of hydrogen-bond donors (Lipinski definition) is 1. The Morgan fingerprint density at radius 3 is 2.74 bits per heavy atom. The smallest absolute Gasteiger partial charge is 0.124 e. The van der Waals surface area contributed by atoms with E-state index < -0.39 is 0 Å². The molecule has 2 aromatic heterocycles. The van der Waals surface area contributed by atoms with Gasteiger partial charge in [-0.1, -0.05) is 23.4 Å². The van der Waals surface area contributed by atoms with E-state index in [-0.39, 0.29) is 6.04 Å². The number of aromatic amines is 1. The summed E-state index contributed by atoms with van der Waals surface area (Å²) >= 11 is 0. The van der Waals surface area contributed by atoms with Gasteiger partial charge in [0.25, 0.3) is 0 Å². The Hall–Kier alpha value is -3.12. The van der Waals surface area contributed by atoms with Crippen molar-refractivity contribution in [1.29, 1.82) is 0 Å². The first-order valence-corrected chi connectivity index (χ1v) is 8.86. The van der Waals surface area contributed by atoms with Gasteiger partial charge in [-0.3, -0.25) is 10.00 Å². The minimum atomic E-state index is 0.149. The van der Waals surface area contributed by atoms with Crippen LogP contribution in [-0.4, -0.2) is 34.4 Å². The highest BCUT2D eigenvalue weighted by molar-refractivity contribution is 5.88. The molecule has 0 aliphatic heterocycles. The molecule has 0 saturated heterocycles. The van der Waals surface area contributed by atoms with Crippen LogP contribution in [0.15, 0.2) is 59.4 Å². The first-order chi connectivity index (χ1) is 13.2. The van der Waals surface area contributed by atoms with Crippen molar-refractivity contribution in [2.75, 3.05) is 14.2 Å². The summed E-state index contributed by atoms with van der Waals surface area (Å²) in [5.74, 6) is 0.862. The molecule has 0 radical (unpaired) electrons. The van der Waals surface area contributed by atoms with Crippen LogP contribution in [0.25, 0.3) is 22.0 Å². The number of aromatic nitrogens is 3. The molecule has 0 aliphatic carbocycles. The van der Waals surface area contributed by atoms with E-state index in [0.717, 1.165) is 45.6 Å². The highest BCUT2D eigenvalue weighted by Gasteiger charge is 2.17. The number of methoxy groups -OCH3 is 1. The van der Waals surface area contributed by atoms with Gasteiger partial charge in [-0.2, -0.15) is 5.10 Å². The summed E-state index contributed by atoms with van der Waals surface area (Å²) in [5, 5.41) is 13.8. The van der Waals surface area contributed by atoms with Crippen LogP contribution in [0.4, 0.5) is 0 Å². The van der Waals surface area contributed by atoms with E-state index in [1.54, 1.807) is 13.4 Å². The molecule has 0 amide bonds. The number of nitrogens with zero attached hydrogens (tertiary/aromatic N) is 3. The van der Waals surface area contributed by atoms with E-state index in [9.17, 15) is 0 Å². The molecule has 0 bridgehead atoms. The van der Waals surface area contributed by atoms with Gasteiger partial charge < -0.3 is 9.26 Å². The second-order valence-electron chi connectivity index (χ2n) is 6.71. The summed E-state index contributed by atoms with van der Waals surface area (Å²) in [7, 11) is 3.76. The maximum Gasteiger partial charge on any atom is 0.124 e. The minimum absolute atomic E-state index is 0.149. The number of nitrogens with one attached hydrogen (secondary N) is 1. The zero-order chi connectivity index (χ0) is 18.8. The summed E-state index contributed by atoms with van der Waals surface area (Å²) in [4.78, 5) is 2.22. The lowest BCUT2D eigenvalue weighted by Crippen LogP contribution is -2.22. The predicted molar refractivity (Wildman–Crippen MR) is 104 cm³/mol. The molecule has 2 aromatic carbocycles. The predicted octanol–water partition coefficient (Wildman–Crippen LogP) is 4.42. The Labute approximate surface area is 157 Å². The van der Waals surface area contributed by atoms with Gasteiger partial charge >= 0.3 is 0 Å². The highest BCUT2D eigenvalue weighted by atomic mass is 16.5. The van der Waals surface area contributed by atoms with Crippen molar-refractivity contribution in [3.05, 3.63) is 66.2 Å². The summed E-state index contributed by atoms with van der Waals surface area (Å²) in [6, 6.07) is 14.5. The maximum atomic E-state index is 5.31. The van der Waals surface area contributed by atoms with Gasteiger partial charge in [0.1, 0.15) is 17.7 Å². The molecule has 0 spiro atoms. The third kappa shape index (κ3) is 3.44. The Morgan fingerprint density at radius 2 is 1.96 bits per heavy atom. The molecule has 1 unspecified atom stereocenters. The Morgan fingerprint density at radius 1 is 1.15 bits per heavy atom. The molecule has 1 N–H and O–H groups in total. The second-order valence-corrected chi connectivity index (χ2v) is 6.71. The second kappa shape index (κ2) is 7.25. The molecule has 1 atom stereocenters. The number of H-pyrrole nitrogens is 1. The summed E-state index contributed by atoms with van der Waals surface area (Å²) in [6.45, 7) is 2.86. The molecule has 6 nitrogen and oxygen atoms in total. The van der Waals surface area contributed by atoms with Crippen molar-refractivity contribution in [3.8, 4) is 17.0 Å². The highest BCUT2D eigenvalue weighted by Crippen LogP contribution is 2.29. The number of fused-ring (bicyclic) bond motifs is 1. The summed E-state index contributed by atoms with van der Waals surface area (Å²) in [5.41, 5.74) is 4.21. The third-order valence-electron chi connectivity index (χ3n) is 5.02.